The number of thioether (sulfide) groups is 1. The molecule has 0 saturated heterocycles. The second-order valence-corrected chi connectivity index (χ2v) is 4.23. The van der Waals surface area contributed by atoms with Gasteiger partial charge in [-0.2, -0.15) is 11.8 Å². The van der Waals surface area contributed by atoms with Gasteiger partial charge in [0.2, 0.25) is 0 Å². The second kappa shape index (κ2) is 8.38. The quantitative estimate of drug-likeness (QED) is 0.594. The van der Waals surface area contributed by atoms with Gasteiger partial charge in [-0.15, -0.1) is 0 Å². The molecule has 0 unspecified atom stereocenters. The van der Waals surface area contributed by atoms with E-state index >= 15 is 0 Å². The van der Waals surface area contributed by atoms with Crippen LogP contribution in [0.4, 0.5) is 0 Å². The van der Waals surface area contributed by atoms with Crippen LogP contribution in [-0.4, -0.2) is 33.8 Å². The Labute approximate surface area is 83.5 Å². The minimum Gasteiger partial charge on any atom is -0.481 e. The molecule has 0 aromatic heterocycles. The van der Waals surface area contributed by atoms with Gasteiger partial charge in [0.1, 0.15) is 0 Å². The van der Waals surface area contributed by atoms with Gasteiger partial charge in [0.15, 0.2) is 0 Å². The number of carboxylic acid groups (broad SMARTS) is 1. The van der Waals surface area contributed by atoms with E-state index in [2.05, 4.69) is 6.92 Å². The zero-order valence-electron chi connectivity index (χ0n) is 8.03. The lowest BCUT2D eigenvalue weighted by molar-refractivity contribution is -0.139. The molecular weight excluding hydrogens is 188 g/mol. The first kappa shape index (κ1) is 12.8. The van der Waals surface area contributed by atoms with Gasteiger partial charge in [0, 0.05) is 0 Å². The monoisotopic (exact) mass is 206 g/mol. The number of hydrogen-bond acceptors (Lipinski definition) is 3. The van der Waals surface area contributed by atoms with Crippen molar-refractivity contribution in [2.45, 2.75) is 38.7 Å². The van der Waals surface area contributed by atoms with Crippen molar-refractivity contribution in [3.8, 4) is 0 Å². The van der Waals surface area contributed by atoms with Crippen LogP contribution in [0.3, 0.4) is 0 Å². The van der Waals surface area contributed by atoms with Gasteiger partial charge in [-0.25, -0.2) is 0 Å². The highest BCUT2D eigenvalue weighted by Crippen LogP contribution is 2.09. The number of hydrogen-bond donors (Lipinski definition) is 2. The minimum absolute atomic E-state index is 0.127. The highest BCUT2D eigenvalue weighted by Gasteiger charge is 2.08. The summed E-state index contributed by atoms with van der Waals surface area (Å²) in [7, 11) is 0. The zero-order chi connectivity index (χ0) is 10.1. The predicted molar refractivity (Wildman–Crippen MR) is 55.1 cm³/mol. The van der Waals surface area contributed by atoms with Crippen molar-refractivity contribution >= 4 is 17.7 Å². The van der Waals surface area contributed by atoms with Crippen molar-refractivity contribution in [2.24, 2.45) is 0 Å². The van der Waals surface area contributed by atoms with Crippen molar-refractivity contribution in [2.75, 3.05) is 11.5 Å². The summed E-state index contributed by atoms with van der Waals surface area (Å²) in [5.41, 5.74) is 0. The molecule has 0 saturated carbocycles. The maximum absolute atomic E-state index is 10.2. The first-order valence-corrected chi connectivity index (χ1v) is 5.80. The Morgan fingerprint density at radius 3 is 2.69 bits per heavy atom. The second-order valence-electron chi connectivity index (χ2n) is 3.01. The van der Waals surface area contributed by atoms with Crippen molar-refractivity contribution in [3.63, 3.8) is 0 Å². The molecular formula is C9H18O3S. The Morgan fingerprint density at radius 1 is 1.46 bits per heavy atom. The lowest BCUT2D eigenvalue weighted by Crippen LogP contribution is -2.12. The Morgan fingerprint density at radius 2 is 2.15 bits per heavy atom. The maximum atomic E-state index is 10.2. The lowest BCUT2D eigenvalue weighted by Gasteiger charge is -2.06. The molecule has 78 valence electrons. The fourth-order valence-electron chi connectivity index (χ4n) is 0.971. The van der Waals surface area contributed by atoms with E-state index in [1.54, 1.807) is 0 Å². The predicted octanol–water partition coefficient (Wildman–Crippen LogP) is 1.75. The number of rotatable bonds is 8. The summed E-state index contributed by atoms with van der Waals surface area (Å²) in [5, 5.41) is 17.5. The van der Waals surface area contributed by atoms with Crippen LogP contribution in [0.1, 0.15) is 32.6 Å². The number of aliphatic carboxylic acids is 1. The summed E-state index contributed by atoms with van der Waals surface area (Å²) in [6, 6.07) is 0. The molecule has 4 heteroatoms. The third-order valence-electron chi connectivity index (χ3n) is 1.58. The van der Waals surface area contributed by atoms with Gasteiger partial charge in [-0.3, -0.25) is 4.79 Å². The fourth-order valence-corrected chi connectivity index (χ4v) is 1.83. The van der Waals surface area contributed by atoms with Crippen LogP contribution in [0.5, 0.6) is 0 Å². The largest absolute Gasteiger partial charge is 0.481 e. The highest BCUT2D eigenvalue weighted by molar-refractivity contribution is 7.99. The Hall–Kier alpha value is -0.220. The van der Waals surface area contributed by atoms with Gasteiger partial charge in [-0.05, 0) is 30.8 Å². The molecule has 0 spiro atoms. The van der Waals surface area contributed by atoms with Crippen molar-refractivity contribution in [1.82, 2.24) is 0 Å². The Balaban J connectivity index is 3.17. The van der Waals surface area contributed by atoms with Crippen molar-refractivity contribution in [1.29, 1.82) is 0 Å². The van der Waals surface area contributed by atoms with E-state index in [-0.39, 0.29) is 6.42 Å². The molecule has 0 radical (unpaired) electrons. The smallest absolute Gasteiger partial charge is 0.305 e. The molecule has 3 nitrogen and oxygen atoms in total. The lowest BCUT2D eigenvalue weighted by atomic mass is 10.1. The van der Waals surface area contributed by atoms with Crippen LogP contribution >= 0.6 is 11.8 Å². The molecule has 2 N–H and O–H groups in total. The standard InChI is InChI=1S/C9H18O3S/c1-2-5-13-6-3-4-8(10)7-9(11)12/h8,10H,2-7H2,1H3,(H,11,12)/t8-/m1/s1. The van der Waals surface area contributed by atoms with E-state index in [4.69, 9.17) is 5.11 Å². The van der Waals surface area contributed by atoms with E-state index in [1.165, 1.54) is 6.42 Å². The van der Waals surface area contributed by atoms with Crippen LogP contribution in [0.2, 0.25) is 0 Å². The third-order valence-corrected chi connectivity index (χ3v) is 2.86. The summed E-state index contributed by atoms with van der Waals surface area (Å²) in [6.45, 7) is 2.13. The molecule has 0 heterocycles. The molecule has 0 amide bonds. The molecule has 0 fully saturated rings. The molecule has 0 bridgehead atoms. The number of carboxylic acids is 1. The summed E-state index contributed by atoms with van der Waals surface area (Å²) in [6.07, 6.45) is 1.88. The van der Waals surface area contributed by atoms with Crippen LogP contribution in [-0.2, 0) is 4.79 Å². The van der Waals surface area contributed by atoms with E-state index < -0.39 is 12.1 Å². The van der Waals surface area contributed by atoms with Crippen LogP contribution < -0.4 is 0 Å². The maximum Gasteiger partial charge on any atom is 0.305 e. The molecule has 0 aliphatic heterocycles. The van der Waals surface area contributed by atoms with Crippen LogP contribution in [0.15, 0.2) is 0 Å². The summed E-state index contributed by atoms with van der Waals surface area (Å²) < 4.78 is 0. The van der Waals surface area contributed by atoms with E-state index in [0.717, 1.165) is 17.9 Å². The normalized spacial score (nSPS) is 12.8. The average molecular weight is 206 g/mol. The molecule has 1 atom stereocenters. The topological polar surface area (TPSA) is 57.5 Å². The van der Waals surface area contributed by atoms with Gasteiger partial charge >= 0.3 is 5.97 Å². The van der Waals surface area contributed by atoms with Gasteiger partial charge in [-0.1, -0.05) is 6.92 Å². The zero-order valence-corrected chi connectivity index (χ0v) is 8.85. The van der Waals surface area contributed by atoms with Crippen LogP contribution in [0.25, 0.3) is 0 Å². The molecule has 0 aliphatic carbocycles. The van der Waals surface area contributed by atoms with Crippen molar-refractivity contribution in [3.05, 3.63) is 0 Å². The Bertz CT molecular complexity index is 139. The van der Waals surface area contributed by atoms with E-state index in [1.807, 2.05) is 11.8 Å². The molecule has 13 heavy (non-hydrogen) atoms. The number of aliphatic hydroxyl groups is 1. The summed E-state index contributed by atoms with van der Waals surface area (Å²) in [5.74, 6) is 1.24. The fraction of sp³-hybridized carbons (Fsp3) is 0.889. The molecule has 0 rings (SSSR count). The number of aliphatic hydroxyl groups excluding tert-OH is 1. The summed E-state index contributed by atoms with van der Waals surface area (Å²) in [4.78, 5) is 10.2. The van der Waals surface area contributed by atoms with Gasteiger partial charge in [0.05, 0.1) is 12.5 Å². The first-order chi connectivity index (χ1) is 6.16. The Kier molecular flexibility index (Phi) is 8.24. The van der Waals surface area contributed by atoms with Crippen molar-refractivity contribution < 1.29 is 15.0 Å². The van der Waals surface area contributed by atoms with Gasteiger partial charge in [0.25, 0.3) is 0 Å². The van der Waals surface area contributed by atoms with E-state index in [9.17, 15) is 9.90 Å². The van der Waals surface area contributed by atoms with Crippen LogP contribution in [0, 0.1) is 0 Å². The van der Waals surface area contributed by atoms with E-state index in [0.29, 0.717) is 6.42 Å². The number of carbonyl (C=O) groups is 1. The molecule has 0 aromatic rings. The first-order valence-electron chi connectivity index (χ1n) is 4.64. The van der Waals surface area contributed by atoms with Gasteiger partial charge < -0.3 is 10.2 Å². The summed E-state index contributed by atoms with van der Waals surface area (Å²) >= 11 is 1.86. The molecule has 0 aromatic carbocycles. The minimum atomic E-state index is -0.922. The SMILES string of the molecule is CCCSCCC[C@@H](O)CC(=O)O. The third kappa shape index (κ3) is 9.70. The highest BCUT2D eigenvalue weighted by atomic mass is 32.2. The average Bonchev–Trinajstić information content (AvgIpc) is 2.02. The molecule has 0 aliphatic rings.